The monoisotopic (exact) mass is 608 g/mol. The lowest BCUT2D eigenvalue weighted by Crippen LogP contribution is -2.25. The number of nitrogens with zero attached hydrogens (tertiary/aromatic N) is 2. The van der Waals surface area contributed by atoms with E-state index in [0.717, 1.165) is 16.6 Å². The first-order valence-electron chi connectivity index (χ1n) is 16.6. The first-order chi connectivity index (χ1) is 23.8. The maximum atomic E-state index is 4.85. The summed E-state index contributed by atoms with van der Waals surface area (Å²) in [6.07, 6.45) is 2.03. The van der Waals surface area contributed by atoms with Gasteiger partial charge in [-0.2, -0.15) is 0 Å². The van der Waals surface area contributed by atoms with E-state index in [4.69, 9.17) is 4.98 Å². The molecule has 11 rings (SSSR count). The highest BCUT2D eigenvalue weighted by atomic mass is 14.9. The van der Waals surface area contributed by atoms with Crippen molar-refractivity contribution in [2.45, 2.75) is 5.41 Å². The summed E-state index contributed by atoms with van der Waals surface area (Å²) in [5.74, 6) is 0. The normalized spacial score (nSPS) is 13.6. The number of rotatable bonds is 2. The molecule has 0 unspecified atom stereocenters. The van der Waals surface area contributed by atoms with E-state index in [1.807, 2.05) is 6.20 Å². The lowest BCUT2D eigenvalue weighted by atomic mass is 9.70. The molecule has 2 aliphatic rings. The van der Waals surface area contributed by atoms with Crippen LogP contribution in [0.5, 0.6) is 0 Å². The molecule has 7 aromatic carbocycles. The fraction of sp³-hybridized carbons (Fsp3) is 0.0217. The Morgan fingerprint density at radius 3 is 1.62 bits per heavy atom. The van der Waals surface area contributed by atoms with E-state index in [1.165, 1.54) is 77.7 Å². The first-order valence-corrected chi connectivity index (χ1v) is 16.6. The molecule has 2 nitrogen and oxygen atoms in total. The van der Waals surface area contributed by atoms with Crippen LogP contribution < -0.4 is 0 Å². The number of hydrogen-bond acceptors (Lipinski definition) is 1. The van der Waals surface area contributed by atoms with E-state index in [0.29, 0.717) is 0 Å². The van der Waals surface area contributed by atoms with Crippen molar-refractivity contribution in [1.82, 2.24) is 9.38 Å². The maximum Gasteiger partial charge on any atom is 0.0871 e. The van der Waals surface area contributed by atoms with Crippen molar-refractivity contribution in [2.75, 3.05) is 0 Å². The van der Waals surface area contributed by atoms with Crippen molar-refractivity contribution >= 4 is 27.5 Å². The third kappa shape index (κ3) is 3.19. The minimum Gasteiger partial charge on any atom is -0.306 e. The molecule has 222 valence electrons. The van der Waals surface area contributed by atoms with Crippen LogP contribution in [-0.4, -0.2) is 9.38 Å². The highest BCUT2D eigenvalue weighted by molar-refractivity contribution is 6.08. The standard InChI is InChI=1S/C46H28N2/c1-5-15-37-32(11-1)33-12-2-6-16-38(33)46(37)39-17-7-3-13-34(39)36-27-31(25-26-40(36)46)29-21-23-30(24-22-29)45-35-14-4-9-19-42(35)48-43-20-10-8-18-41(43)47-28-44(45)48/h1-28H. The van der Waals surface area contributed by atoms with Crippen molar-refractivity contribution < 1.29 is 0 Å². The van der Waals surface area contributed by atoms with Gasteiger partial charge in [0.25, 0.3) is 0 Å². The molecule has 48 heavy (non-hydrogen) atoms. The van der Waals surface area contributed by atoms with Crippen molar-refractivity contribution in [3.8, 4) is 44.5 Å². The van der Waals surface area contributed by atoms with Gasteiger partial charge in [0, 0.05) is 10.9 Å². The van der Waals surface area contributed by atoms with Crippen molar-refractivity contribution in [1.29, 1.82) is 0 Å². The minimum absolute atomic E-state index is 0.308. The van der Waals surface area contributed by atoms with E-state index in [2.05, 4.69) is 168 Å². The van der Waals surface area contributed by atoms with Gasteiger partial charge in [-0.05, 0) is 85.5 Å². The second kappa shape index (κ2) is 9.40. The molecular formula is C46H28N2. The molecule has 2 aliphatic carbocycles. The highest BCUT2D eigenvalue weighted by Crippen LogP contribution is 2.62. The van der Waals surface area contributed by atoms with Crippen LogP contribution in [0.15, 0.2) is 170 Å². The Morgan fingerprint density at radius 1 is 0.396 bits per heavy atom. The van der Waals surface area contributed by atoms with Crippen LogP contribution in [-0.2, 0) is 5.41 Å². The van der Waals surface area contributed by atoms with E-state index in [1.54, 1.807) is 0 Å². The predicted octanol–water partition coefficient (Wildman–Crippen LogP) is 11.3. The summed E-state index contributed by atoms with van der Waals surface area (Å²) in [6.45, 7) is 0. The van der Waals surface area contributed by atoms with Crippen LogP contribution >= 0.6 is 0 Å². The minimum atomic E-state index is -0.308. The zero-order valence-corrected chi connectivity index (χ0v) is 26.1. The van der Waals surface area contributed by atoms with E-state index < -0.39 is 0 Å². The van der Waals surface area contributed by atoms with Crippen molar-refractivity contribution in [2.24, 2.45) is 0 Å². The van der Waals surface area contributed by atoms with Gasteiger partial charge in [-0.15, -0.1) is 0 Å². The van der Waals surface area contributed by atoms with E-state index in [9.17, 15) is 0 Å². The number of benzene rings is 7. The molecule has 0 fully saturated rings. The molecule has 2 heterocycles. The van der Waals surface area contributed by atoms with Crippen LogP contribution in [0.25, 0.3) is 72.0 Å². The van der Waals surface area contributed by atoms with Gasteiger partial charge in [0.05, 0.1) is 33.7 Å². The number of hydrogen-bond donors (Lipinski definition) is 0. The van der Waals surface area contributed by atoms with Gasteiger partial charge in [-0.1, -0.05) is 140 Å². The molecule has 1 spiro atoms. The Bertz CT molecular complexity index is 2740. The number of aromatic nitrogens is 2. The quantitative estimate of drug-likeness (QED) is 0.191. The summed E-state index contributed by atoms with van der Waals surface area (Å²) in [5, 5.41) is 1.24. The SMILES string of the molecule is c1ccc2c(c1)-c1ccccc1C21c2ccccc2-c2cc(-c3ccc(-c4c5ccccc5n5c4cnc4ccccc45)cc3)ccc21. The summed E-state index contributed by atoms with van der Waals surface area (Å²) < 4.78 is 2.36. The Kier molecular flexibility index (Phi) is 5.07. The lowest BCUT2D eigenvalue weighted by molar-refractivity contribution is 0.794. The Labute approximate surface area is 278 Å². The third-order valence-corrected chi connectivity index (χ3v) is 10.9. The molecule has 0 bridgehead atoms. The van der Waals surface area contributed by atoms with Crippen LogP contribution in [0.1, 0.15) is 22.3 Å². The van der Waals surface area contributed by atoms with Crippen LogP contribution in [0.3, 0.4) is 0 Å². The van der Waals surface area contributed by atoms with Crippen molar-refractivity contribution in [3.05, 3.63) is 192 Å². The molecule has 0 atom stereocenters. The van der Waals surface area contributed by atoms with Gasteiger partial charge in [-0.25, -0.2) is 0 Å². The second-order valence-electron chi connectivity index (χ2n) is 13.1. The topological polar surface area (TPSA) is 17.3 Å². The predicted molar refractivity (Wildman–Crippen MR) is 197 cm³/mol. The van der Waals surface area contributed by atoms with Crippen LogP contribution in [0.4, 0.5) is 0 Å². The fourth-order valence-corrected chi connectivity index (χ4v) is 8.95. The summed E-state index contributed by atoms with van der Waals surface area (Å²) in [7, 11) is 0. The third-order valence-electron chi connectivity index (χ3n) is 10.9. The Morgan fingerprint density at radius 2 is 0.917 bits per heavy atom. The maximum absolute atomic E-state index is 4.85. The summed E-state index contributed by atoms with van der Waals surface area (Å²) in [4.78, 5) is 4.85. The zero-order valence-electron chi connectivity index (χ0n) is 26.1. The fourth-order valence-electron chi connectivity index (χ4n) is 8.95. The largest absolute Gasteiger partial charge is 0.306 e. The first kappa shape index (κ1) is 25.9. The molecule has 0 amide bonds. The number of fused-ring (bicyclic) bond motifs is 15. The highest BCUT2D eigenvalue weighted by Gasteiger charge is 2.51. The molecule has 0 saturated heterocycles. The smallest absolute Gasteiger partial charge is 0.0871 e. The Hall–Kier alpha value is -6.25. The average molecular weight is 609 g/mol. The van der Waals surface area contributed by atoms with Crippen LogP contribution in [0, 0.1) is 0 Å². The van der Waals surface area contributed by atoms with Gasteiger partial charge in [-0.3, -0.25) is 4.98 Å². The molecule has 2 aromatic heterocycles. The Balaban J connectivity index is 1.08. The molecule has 0 N–H and O–H groups in total. The molecular weight excluding hydrogens is 581 g/mol. The average Bonchev–Trinajstić information content (AvgIpc) is 3.77. The van der Waals surface area contributed by atoms with E-state index in [-0.39, 0.29) is 5.41 Å². The second-order valence-corrected chi connectivity index (χ2v) is 13.1. The molecule has 0 aliphatic heterocycles. The molecule has 0 saturated carbocycles. The number of para-hydroxylation sites is 3. The summed E-state index contributed by atoms with van der Waals surface area (Å²) >= 11 is 0. The van der Waals surface area contributed by atoms with Crippen molar-refractivity contribution in [3.63, 3.8) is 0 Å². The van der Waals surface area contributed by atoms with Gasteiger partial charge in [0.1, 0.15) is 0 Å². The molecule has 9 aromatic rings. The van der Waals surface area contributed by atoms with Gasteiger partial charge < -0.3 is 4.40 Å². The van der Waals surface area contributed by atoms with Crippen LogP contribution in [0.2, 0.25) is 0 Å². The summed E-state index contributed by atoms with van der Waals surface area (Å²) in [6, 6.07) is 60.3. The van der Waals surface area contributed by atoms with Gasteiger partial charge in [0.2, 0.25) is 0 Å². The molecule has 0 radical (unpaired) electrons. The van der Waals surface area contributed by atoms with E-state index >= 15 is 0 Å². The van der Waals surface area contributed by atoms with Gasteiger partial charge >= 0.3 is 0 Å². The lowest BCUT2D eigenvalue weighted by Gasteiger charge is -2.30. The molecule has 2 heteroatoms. The van der Waals surface area contributed by atoms with Gasteiger partial charge in [0.15, 0.2) is 0 Å². The zero-order chi connectivity index (χ0) is 31.4. The summed E-state index contributed by atoms with van der Waals surface area (Å²) in [5.41, 5.74) is 19.8.